The molecule has 0 saturated carbocycles. The number of carboxylic acid groups (broad SMARTS) is 1. The molecule has 0 unspecified atom stereocenters. The molecule has 136 valence electrons. The topological polar surface area (TPSA) is 82.4 Å². The molecule has 0 spiro atoms. The number of rotatable bonds is 5. The number of nitrogens with zero attached hydrogens (tertiary/aromatic N) is 2. The second-order valence-electron chi connectivity index (χ2n) is 6.24. The Morgan fingerprint density at radius 2 is 1.92 bits per heavy atom. The minimum Gasteiger partial charge on any atom is -0.507 e. The van der Waals surface area contributed by atoms with Crippen LogP contribution in [0, 0.1) is 0 Å². The second-order valence-corrected chi connectivity index (χ2v) is 6.24. The Morgan fingerprint density at radius 3 is 2.62 bits per heavy atom. The molecule has 0 bridgehead atoms. The van der Waals surface area contributed by atoms with Crippen LogP contribution in [-0.4, -0.2) is 42.6 Å². The summed E-state index contributed by atoms with van der Waals surface area (Å²) >= 11 is 0. The summed E-state index contributed by atoms with van der Waals surface area (Å²) in [6, 6.07) is 10.2. The highest BCUT2D eigenvalue weighted by Gasteiger charge is 2.13. The largest absolute Gasteiger partial charge is 0.507 e. The van der Waals surface area contributed by atoms with E-state index in [9.17, 15) is 9.90 Å². The van der Waals surface area contributed by atoms with E-state index in [1.165, 1.54) is 31.4 Å². The van der Waals surface area contributed by atoms with Gasteiger partial charge in [0.15, 0.2) is 0 Å². The Hall–Kier alpha value is -3.02. The van der Waals surface area contributed by atoms with E-state index < -0.39 is 5.97 Å². The predicted molar refractivity (Wildman–Crippen MR) is 101 cm³/mol. The molecule has 6 nitrogen and oxygen atoms in total. The number of ether oxygens (including phenoxy) is 1. The van der Waals surface area contributed by atoms with Crippen molar-refractivity contribution in [2.45, 2.75) is 19.3 Å². The minimum absolute atomic E-state index is 0.174. The number of phenols is 1. The lowest BCUT2D eigenvalue weighted by Crippen LogP contribution is -2.29. The highest BCUT2D eigenvalue weighted by molar-refractivity contribution is 5.92. The van der Waals surface area contributed by atoms with E-state index in [4.69, 9.17) is 9.84 Å². The van der Waals surface area contributed by atoms with E-state index in [0.29, 0.717) is 11.4 Å². The molecule has 0 aliphatic carbocycles. The maximum atomic E-state index is 11.1. The van der Waals surface area contributed by atoms with Crippen molar-refractivity contribution in [3.63, 3.8) is 0 Å². The Morgan fingerprint density at radius 1 is 1.15 bits per heavy atom. The Kier molecular flexibility index (Phi) is 5.41. The van der Waals surface area contributed by atoms with Crippen LogP contribution in [0.4, 0.5) is 11.4 Å². The first-order chi connectivity index (χ1) is 12.6. The fraction of sp³-hybridized carbons (Fsp3) is 0.300. The lowest BCUT2D eigenvalue weighted by molar-refractivity contribution is 0.0694. The zero-order valence-corrected chi connectivity index (χ0v) is 14.7. The summed E-state index contributed by atoms with van der Waals surface area (Å²) in [4.78, 5) is 17.8. The summed E-state index contributed by atoms with van der Waals surface area (Å²) in [7, 11) is 1.62. The minimum atomic E-state index is -1.19. The molecule has 2 aromatic rings. The fourth-order valence-corrected chi connectivity index (χ4v) is 3.07. The summed E-state index contributed by atoms with van der Waals surface area (Å²) in [5.74, 6) is -0.753. The van der Waals surface area contributed by atoms with Crippen LogP contribution in [0.25, 0.3) is 0 Å². The van der Waals surface area contributed by atoms with Gasteiger partial charge in [0.1, 0.15) is 17.1 Å². The molecule has 1 heterocycles. The molecule has 1 fully saturated rings. The molecule has 0 radical (unpaired) electrons. The van der Waals surface area contributed by atoms with Crippen molar-refractivity contribution in [3.05, 3.63) is 47.5 Å². The number of anilines is 1. The van der Waals surface area contributed by atoms with Gasteiger partial charge < -0.3 is 19.8 Å². The molecule has 2 N–H and O–H groups in total. The number of aliphatic imine (C=N–C) groups is 1. The molecule has 0 atom stereocenters. The first kappa shape index (κ1) is 17.8. The van der Waals surface area contributed by atoms with Crippen LogP contribution in [0.2, 0.25) is 0 Å². The summed E-state index contributed by atoms with van der Waals surface area (Å²) in [5.41, 5.74) is 2.21. The Labute approximate surface area is 152 Å². The van der Waals surface area contributed by atoms with Crippen molar-refractivity contribution in [1.82, 2.24) is 0 Å². The number of carbonyl (C=O) groups is 1. The Bertz CT molecular complexity index is 827. The third kappa shape index (κ3) is 3.96. The molecular formula is C20H22N2O4. The number of aromatic hydroxyl groups is 1. The van der Waals surface area contributed by atoms with Crippen molar-refractivity contribution in [2.24, 2.45) is 4.99 Å². The van der Waals surface area contributed by atoms with Crippen molar-refractivity contribution < 1.29 is 19.7 Å². The number of benzene rings is 2. The van der Waals surface area contributed by atoms with E-state index in [0.717, 1.165) is 24.3 Å². The number of hydrogen-bond donors (Lipinski definition) is 2. The van der Waals surface area contributed by atoms with Crippen molar-refractivity contribution in [3.8, 4) is 11.5 Å². The SMILES string of the molecule is COc1cc(N2CCCCC2)ccc1C=Nc1ccc(O)c(C(=O)O)c1. The van der Waals surface area contributed by atoms with Gasteiger partial charge in [-0.15, -0.1) is 0 Å². The maximum Gasteiger partial charge on any atom is 0.339 e. The highest BCUT2D eigenvalue weighted by Crippen LogP contribution is 2.28. The zero-order valence-electron chi connectivity index (χ0n) is 14.7. The van der Waals surface area contributed by atoms with Gasteiger partial charge in [-0.3, -0.25) is 4.99 Å². The standard InChI is InChI=1S/C20H22N2O4/c1-26-19-12-16(22-9-3-2-4-10-22)7-5-14(19)13-21-15-6-8-18(23)17(11-15)20(24)25/h5-8,11-13,23H,2-4,9-10H2,1H3,(H,24,25). The highest BCUT2D eigenvalue weighted by atomic mass is 16.5. The lowest BCUT2D eigenvalue weighted by Gasteiger charge is -2.29. The van der Waals surface area contributed by atoms with E-state index >= 15 is 0 Å². The van der Waals surface area contributed by atoms with Crippen molar-refractivity contribution >= 4 is 23.6 Å². The summed E-state index contributed by atoms with van der Waals surface area (Å²) in [6.45, 7) is 2.12. The number of piperidine rings is 1. The number of hydrogen-bond acceptors (Lipinski definition) is 5. The van der Waals surface area contributed by atoms with E-state index in [-0.39, 0.29) is 11.3 Å². The number of aromatic carboxylic acids is 1. The van der Waals surface area contributed by atoms with E-state index in [1.807, 2.05) is 12.1 Å². The van der Waals surface area contributed by atoms with Crippen LogP contribution in [0.15, 0.2) is 41.4 Å². The molecule has 1 aliphatic heterocycles. The average Bonchev–Trinajstić information content (AvgIpc) is 2.67. The van der Waals surface area contributed by atoms with Gasteiger partial charge in [-0.05, 0) is 49.6 Å². The smallest absolute Gasteiger partial charge is 0.339 e. The molecule has 2 aromatic carbocycles. The van der Waals surface area contributed by atoms with Gasteiger partial charge in [-0.2, -0.15) is 0 Å². The summed E-state index contributed by atoms with van der Waals surface area (Å²) in [5, 5.41) is 18.6. The molecule has 0 amide bonds. The lowest BCUT2D eigenvalue weighted by atomic mass is 10.1. The molecule has 6 heteroatoms. The maximum absolute atomic E-state index is 11.1. The van der Waals surface area contributed by atoms with Gasteiger partial charge in [0, 0.05) is 36.6 Å². The average molecular weight is 354 g/mol. The van der Waals surface area contributed by atoms with Crippen LogP contribution in [0.5, 0.6) is 11.5 Å². The van der Waals surface area contributed by atoms with Crippen molar-refractivity contribution in [2.75, 3.05) is 25.1 Å². The van der Waals surface area contributed by atoms with E-state index in [2.05, 4.69) is 16.0 Å². The van der Waals surface area contributed by atoms with Gasteiger partial charge in [-0.1, -0.05) is 0 Å². The van der Waals surface area contributed by atoms with Crippen molar-refractivity contribution in [1.29, 1.82) is 0 Å². The number of carboxylic acids is 1. The predicted octanol–water partition coefficient (Wildman–Crippen LogP) is 3.84. The van der Waals surface area contributed by atoms with Gasteiger partial charge in [0.25, 0.3) is 0 Å². The molecule has 1 saturated heterocycles. The van der Waals surface area contributed by atoms with Gasteiger partial charge in [-0.25, -0.2) is 4.79 Å². The fourth-order valence-electron chi connectivity index (χ4n) is 3.07. The van der Waals surface area contributed by atoms with Crippen LogP contribution in [-0.2, 0) is 0 Å². The van der Waals surface area contributed by atoms with Gasteiger partial charge in [0.2, 0.25) is 0 Å². The van der Waals surface area contributed by atoms with Gasteiger partial charge >= 0.3 is 5.97 Å². The third-order valence-electron chi connectivity index (χ3n) is 4.50. The Balaban J connectivity index is 1.84. The summed E-state index contributed by atoms with van der Waals surface area (Å²) < 4.78 is 5.49. The number of methoxy groups -OCH3 is 1. The molecule has 1 aliphatic rings. The van der Waals surface area contributed by atoms with Crippen LogP contribution < -0.4 is 9.64 Å². The monoisotopic (exact) mass is 354 g/mol. The van der Waals surface area contributed by atoms with E-state index in [1.54, 1.807) is 19.4 Å². The quantitative estimate of drug-likeness (QED) is 0.797. The first-order valence-corrected chi connectivity index (χ1v) is 8.62. The molecular weight excluding hydrogens is 332 g/mol. The zero-order chi connectivity index (χ0) is 18.5. The third-order valence-corrected chi connectivity index (χ3v) is 4.50. The molecule has 0 aromatic heterocycles. The first-order valence-electron chi connectivity index (χ1n) is 8.62. The van der Waals surface area contributed by atoms with Crippen LogP contribution in [0.1, 0.15) is 35.2 Å². The normalized spacial score (nSPS) is 14.6. The van der Waals surface area contributed by atoms with Gasteiger partial charge in [0.05, 0.1) is 12.8 Å². The van der Waals surface area contributed by atoms with Crippen LogP contribution in [0.3, 0.4) is 0 Å². The summed E-state index contributed by atoms with van der Waals surface area (Å²) in [6.07, 6.45) is 5.33. The van der Waals surface area contributed by atoms with Crippen LogP contribution >= 0.6 is 0 Å². The second kappa shape index (κ2) is 7.91. The molecule has 26 heavy (non-hydrogen) atoms. The molecule has 3 rings (SSSR count).